The second-order valence-electron chi connectivity index (χ2n) is 29.1. The van der Waals surface area contributed by atoms with Gasteiger partial charge in [0.05, 0.1) is 26.4 Å². The molecule has 0 amide bonds. The fraction of sp³-hybridized carbons (Fsp3) is 0.412. The lowest BCUT2D eigenvalue weighted by Gasteiger charge is -2.19. The molecule has 4 saturated heterocycles. The van der Waals surface area contributed by atoms with E-state index in [1.54, 1.807) is 54.6 Å². The standard InChI is InChI=1S/2C17H21ClN2O12P2.C17H20F2N2O12P2.C17H21FN2O12P2/c18-11-3-1-10(2-4-11)5-7-19-13(21)6-8-20(17(19)24)16-15(23)14(22)12(31-16)9-30-34(28,29)32-33(25,26)27;18-11-3-1-2-10(8-11)4-6-19-13(21)5-7-20(17(19)24)16-15(23)14(22)12(31-16)9-30-34(28,29)32-33(25,26)27;18-10-2-1-9(11(19)7-10)3-5-20-13(22)4-6-21(17(20)25)16-15(24)14(23)12(32-16)8-31-35(29,30)33-34(26,27)28;18-11-4-2-1-3-10(11)5-7-19-13(21)6-8-20(17(19)24)16-15(23)14(22)12(31-16)9-30-34(28,29)32-33(25,26)27/h1-4,6,8,12,14-16,22-23H,5,7,9H2,(H,28,29)(H2,25,26,27);1-3,5,7-8,12,14-16,22-23H,4,6,9H2,(H,28,29)(H2,25,26,27);1-2,4,6-7,12,14-16,23-24H,3,5,8H2,(H,29,30)(H2,26,27,28);1-4,6,8,12,14-16,22-23H,5,7,9H2,(H,28,29)(H2,25,26,27)/t4*12-,14?,15+,16-/m1111/s1. The number of benzene rings is 4. The Labute approximate surface area is 772 Å². The Bertz CT molecular complexity index is 6550. The van der Waals surface area contributed by atoms with Gasteiger partial charge in [0.2, 0.25) is 0 Å². The number of ether oxygens (including phenoxy) is 4. The molecule has 69 heteroatoms. The summed E-state index contributed by atoms with van der Waals surface area (Å²) in [6.45, 7) is -4.35. The van der Waals surface area contributed by atoms with Gasteiger partial charge in [0.15, 0.2) is 24.9 Å². The van der Waals surface area contributed by atoms with Gasteiger partial charge in [0.25, 0.3) is 22.2 Å². The number of nitrogens with zero attached hydrogens (tertiary/aromatic N) is 8. The van der Waals surface area contributed by atoms with E-state index in [1.165, 1.54) is 18.2 Å². The number of aliphatic hydroxyl groups is 8. The number of aryl methyl sites for hydroxylation is 4. The normalized spacial score (nSPS) is 24.7. The molecule has 12 rings (SSSR count). The minimum Gasteiger partial charge on any atom is -0.387 e. The largest absolute Gasteiger partial charge is 0.481 e. The van der Waals surface area contributed by atoms with Crippen LogP contribution in [0.5, 0.6) is 0 Å². The third-order valence-corrected chi connectivity index (χ3v) is 28.6. The van der Waals surface area contributed by atoms with E-state index in [9.17, 15) is 148 Å². The van der Waals surface area contributed by atoms with Gasteiger partial charge in [-0.3, -0.25) is 73.8 Å². The summed E-state index contributed by atoms with van der Waals surface area (Å²) in [6.07, 6.45) is -21.7. The highest BCUT2D eigenvalue weighted by Gasteiger charge is 2.51. The van der Waals surface area contributed by atoms with Crippen LogP contribution in [0.4, 0.5) is 13.2 Å². The first-order chi connectivity index (χ1) is 63.5. The van der Waals surface area contributed by atoms with E-state index in [4.69, 9.17) is 81.3 Å². The van der Waals surface area contributed by atoms with Crippen LogP contribution >= 0.6 is 85.8 Å². The zero-order chi connectivity index (χ0) is 102. The van der Waals surface area contributed by atoms with Crippen molar-refractivity contribution in [3.8, 4) is 0 Å². The van der Waals surface area contributed by atoms with Crippen molar-refractivity contribution < 1.29 is 204 Å². The van der Waals surface area contributed by atoms with Crippen molar-refractivity contribution in [3.05, 3.63) is 273 Å². The average molecular weight is 2160 g/mol. The van der Waals surface area contributed by atoms with Crippen molar-refractivity contribution in [2.24, 2.45) is 0 Å². The summed E-state index contributed by atoms with van der Waals surface area (Å²) in [5, 5.41) is 83.0. The summed E-state index contributed by atoms with van der Waals surface area (Å²) in [6, 6.07) is 26.2. The number of hydrogen-bond acceptors (Lipinski definition) is 36. The molecule has 0 radical (unpaired) electrons. The van der Waals surface area contributed by atoms with E-state index in [0.29, 0.717) is 27.1 Å². The molecule has 758 valence electrons. The van der Waals surface area contributed by atoms with Crippen LogP contribution in [0.25, 0.3) is 0 Å². The third kappa shape index (κ3) is 32.3. The SMILES string of the molecule is O=c1ccn([C@@H]2O[C@H](COP(=O)(O)OP(=O)(O)O)C(O)[C@@H]2O)c(=O)n1CCc1ccc(Cl)cc1.O=c1ccn([C@@H]2O[C@H](COP(=O)(O)OP(=O)(O)O)C(O)[C@@H]2O)c(=O)n1CCc1ccc(F)cc1F.O=c1ccn([C@@H]2O[C@H](COP(=O)(O)OP(=O)(O)O)C(O)[C@@H]2O)c(=O)n1CCc1cccc(Cl)c1.O=c1ccn([C@@H]2O[C@H](COP(=O)(O)OP(=O)(O)O)C(O)[C@@H]2O)c(=O)n1CCc1ccccc1F. The van der Waals surface area contributed by atoms with Crippen LogP contribution in [0.1, 0.15) is 47.2 Å². The first-order valence-corrected chi connectivity index (χ1v) is 51.4. The molecular formula is C68H83Cl2F3N8O48P8. The van der Waals surface area contributed by atoms with Crippen molar-refractivity contribution in [3.63, 3.8) is 0 Å². The van der Waals surface area contributed by atoms with E-state index in [2.05, 4.69) is 35.3 Å². The molecule has 0 spiro atoms. The second kappa shape index (κ2) is 47.2. The molecule has 0 bridgehead atoms. The summed E-state index contributed by atoms with van der Waals surface area (Å²) >= 11 is 11.8. The smallest absolute Gasteiger partial charge is 0.387 e. The van der Waals surface area contributed by atoms with Crippen LogP contribution in [0.3, 0.4) is 0 Å². The molecule has 8 unspecified atom stereocenters. The minimum absolute atomic E-state index is 0.00432. The number of aromatic nitrogens is 8. The Morgan fingerprint density at radius 3 is 0.876 bits per heavy atom. The van der Waals surface area contributed by atoms with Crippen molar-refractivity contribution in [1.29, 1.82) is 0 Å². The zero-order valence-corrected chi connectivity index (χ0v) is 77.6. The monoisotopic (exact) mass is 2150 g/mol. The Kier molecular flexibility index (Phi) is 38.9. The fourth-order valence-corrected chi connectivity index (χ4v) is 19.9. The molecule has 0 aliphatic carbocycles. The number of rotatable bonds is 36. The Morgan fingerprint density at radius 2 is 0.591 bits per heavy atom. The van der Waals surface area contributed by atoms with E-state index in [0.717, 1.165) is 104 Å². The molecule has 4 aromatic heterocycles. The topological polar surface area (TPSA) is 828 Å². The van der Waals surface area contributed by atoms with Gasteiger partial charge in [0, 0.05) is 91.3 Å². The van der Waals surface area contributed by atoms with E-state index >= 15 is 0 Å². The highest BCUT2D eigenvalue weighted by molar-refractivity contribution is 7.62. The van der Waals surface area contributed by atoms with Gasteiger partial charge in [-0.1, -0.05) is 71.7 Å². The minimum atomic E-state index is -5.40. The third-order valence-electron chi connectivity index (χ3n) is 19.5. The average Bonchev–Trinajstić information content (AvgIpc) is 1.67. The maximum absolute atomic E-state index is 13.9. The molecule has 20 atom stereocenters. The predicted molar refractivity (Wildman–Crippen MR) is 450 cm³/mol. The number of hydrogen-bond donors (Lipinski definition) is 20. The van der Waals surface area contributed by atoms with Gasteiger partial charge in [-0.15, -0.1) is 0 Å². The van der Waals surface area contributed by atoms with Gasteiger partial charge >= 0.3 is 85.3 Å². The fourth-order valence-electron chi connectivity index (χ4n) is 13.1. The van der Waals surface area contributed by atoms with Crippen molar-refractivity contribution >= 4 is 85.8 Å². The van der Waals surface area contributed by atoms with Crippen LogP contribution in [-0.2, 0) is 143 Å². The highest BCUT2D eigenvalue weighted by Crippen LogP contribution is 2.61. The molecule has 20 N–H and O–H groups in total. The molecule has 4 aliphatic heterocycles. The van der Waals surface area contributed by atoms with Gasteiger partial charge in [-0.2, -0.15) is 17.2 Å². The van der Waals surface area contributed by atoms with Crippen molar-refractivity contribution in [1.82, 2.24) is 36.5 Å². The molecule has 8 heterocycles. The number of halogens is 5. The molecule has 137 heavy (non-hydrogen) atoms. The molecule has 56 nitrogen and oxygen atoms in total. The quantitative estimate of drug-likeness (QED) is 0.0191. The lowest BCUT2D eigenvalue weighted by Crippen LogP contribution is -2.43. The first kappa shape index (κ1) is 113. The maximum atomic E-state index is 13.9. The van der Waals surface area contributed by atoms with Crippen LogP contribution in [0.15, 0.2) is 178 Å². The lowest BCUT2D eigenvalue weighted by atomic mass is 10.1. The van der Waals surface area contributed by atoms with Crippen LogP contribution in [0, 0.1) is 17.5 Å². The molecular weight excluding hydrogens is 2070 g/mol. The Morgan fingerprint density at radius 1 is 0.307 bits per heavy atom. The van der Waals surface area contributed by atoms with Gasteiger partial charge in [-0.05, 0) is 84.3 Å². The lowest BCUT2D eigenvalue weighted by molar-refractivity contribution is -0.0548. The van der Waals surface area contributed by atoms with Crippen LogP contribution in [0.2, 0.25) is 10.0 Å². The van der Waals surface area contributed by atoms with Gasteiger partial charge in [0.1, 0.15) is 90.7 Å². The van der Waals surface area contributed by atoms with E-state index in [-0.39, 0.29) is 56.6 Å². The van der Waals surface area contributed by atoms with Gasteiger partial charge < -0.3 is 119 Å². The van der Waals surface area contributed by atoms with Gasteiger partial charge in [-0.25, -0.2) is 68.9 Å². The summed E-state index contributed by atoms with van der Waals surface area (Å²) < 4.78 is 190. The van der Waals surface area contributed by atoms with Crippen LogP contribution < -0.4 is 45.0 Å². The molecule has 0 saturated carbocycles. The van der Waals surface area contributed by atoms with E-state index in [1.807, 2.05) is 0 Å². The first-order valence-electron chi connectivity index (χ1n) is 38.5. The second-order valence-corrected chi connectivity index (χ2v) is 41.3. The number of aliphatic hydroxyl groups excluding tert-OH is 8. The van der Waals surface area contributed by atoms with Crippen LogP contribution in [-0.4, -0.2) is 236 Å². The summed E-state index contributed by atoms with van der Waals surface area (Å²) in [4.78, 5) is 207. The summed E-state index contributed by atoms with van der Waals surface area (Å²) in [5.74, 6) is -2.20. The zero-order valence-electron chi connectivity index (χ0n) is 68.9. The molecule has 8 aromatic rings. The van der Waals surface area contributed by atoms with Crippen molar-refractivity contribution in [2.75, 3.05) is 26.4 Å². The molecule has 4 aromatic carbocycles. The number of phosphoric ester groups is 4. The molecule has 4 fully saturated rings. The number of phosphoric acid groups is 8. The molecule has 4 aliphatic rings. The van der Waals surface area contributed by atoms with Crippen molar-refractivity contribution in [2.45, 2.75) is 150 Å². The predicted octanol–water partition coefficient (Wildman–Crippen LogP) is -1.88. The summed E-state index contributed by atoms with van der Waals surface area (Å²) in [5.41, 5.74) is -4.52. The summed E-state index contributed by atoms with van der Waals surface area (Å²) in [7, 11) is -42.5. The maximum Gasteiger partial charge on any atom is 0.481 e. The Hall–Kier alpha value is -7.47. The Balaban J connectivity index is 0.000000205. The highest BCUT2D eigenvalue weighted by atomic mass is 35.5. The van der Waals surface area contributed by atoms with E-state index < -0.39 is 250 Å².